The Morgan fingerprint density at radius 2 is 1.76 bits per heavy atom. The molecule has 17 heavy (non-hydrogen) atoms. The minimum absolute atomic E-state index is 0.800. The number of hydrogen-bond donors (Lipinski definition) is 1. The van der Waals surface area contributed by atoms with Gasteiger partial charge in [0.2, 0.25) is 0 Å². The first-order chi connectivity index (χ1) is 8.22. The zero-order valence-electron chi connectivity index (χ0n) is 11.9. The van der Waals surface area contributed by atoms with Crippen molar-refractivity contribution < 1.29 is 0 Å². The molecular weight excluding hydrogens is 208 g/mol. The summed E-state index contributed by atoms with van der Waals surface area (Å²) >= 11 is 0. The maximum Gasteiger partial charge on any atom is 0.00993 e. The highest BCUT2D eigenvalue weighted by molar-refractivity contribution is 4.88. The van der Waals surface area contributed by atoms with Gasteiger partial charge in [0.1, 0.15) is 0 Å². The molecule has 0 radical (unpaired) electrons. The van der Waals surface area contributed by atoms with Gasteiger partial charge in [-0.2, -0.15) is 0 Å². The number of nitrogens with one attached hydrogen (secondary N) is 1. The predicted molar refractivity (Wildman–Crippen MR) is 74.3 cm³/mol. The Morgan fingerprint density at radius 1 is 1.06 bits per heavy atom. The van der Waals surface area contributed by atoms with E-state index >= 15 is 0 Å². The third kappa shape index (κ3) is 3.23. The minimum atomic E-state index is 0.800. The molecule has 2 rings (SSSR count). The van der Waals surface area contributed by atoms with Crippen LogP contribution in [0.2, 0.25) is 0 Å². The van der Waals surface area contributed by atoms with Gasteiger partial charge in [-0.15, -0.1) is 0 Å². The van der Waals surface area contributed by atoms with Crippen LogP contribution in [0.5, 0.6) is 0 Å². The highest BCUT2D eigenvalue weighted by Crippen LogP contribution is 2.31. The molecule has 1 heterocycles. The molecule has 0 aromatic carbocycles. The van der Waals surface area contributed by atoms with E-state index in [-0.39, 0.29) is 0 Å². The van der Waals surface area contributed by atoms with Crippen LogP contribution >= 0.6 is 0 Å². The van der Waals surface area contributed by atoms with E-state index in [2.05, 4.69) is 31.0 Å². The smallest absolute Gasteiger partial charge is 0.00993 e. The maximum atomic E-state index is 3.61. The van der Waals surface area contributed by atoms with Gasteiger partial charge in [-0.25, -0.2) is 0 Å². The van der Waals surface area contributed by atoms with E-state index in [9.17, 15) is 0 Å². The SMILES string of the molecule is CCNC1CCC(N2CCCC(C)C2C)CC1. The van der Waals surface area contributed by atoms with Crippen molar-refractivity contribution in [2.75, 3.05) is 13.1 Å². The lowest BCUT2D eigenvalue weighted by molar-refractivity contribution is 0.0461. The minimum Gasteiger partial charge on any atom is -0.314 e. The van der Waals surface area contributed by atoms with Gasteiger partial charge in [-0.05, 0) is 64.5 Å². The van der Waals surface area contributed by atoms with Gasteiger partial charge in [0.25, 0.3) is 0 Å². The van der Waals surface area contributed by atoms with Crippen LogP contribution in [0.1, 0.15) is 59.3 Å². The molecule has 1 aliphatic heterocycles. The molecule has 0 aromatic rings. The van der Waals surface area contributed by atoms with E-state index in [0.29, 0.717) is 0 Å². The third-order valence-corrected chi connectivity index (χ3v) is 5.08. The first-order valence-corrected chi connectivity index (χ1v) is 7.71. The Hall–Kier alpha value is -0.0800. The fraction of sp³-hybridized carbons (Fsp3) is 1.00. The van der Waals surface area contributed by atoms with Gasteiger partial charge >= 0.3 is 0 Å². The summed E-state index contributed by atoms with van der Waals surface area (Å²) < 4.78 is 0. The number of hydrogen-bond acceptors (Lipinski definition) is 2. The van der Waals surface area contributed by atoms with Crippen molar-refractivity contribution in [2.24, 2.45) is 5.92 Å². The molecule has 0 amide bonds. The normalized spacial score (nSPS) is 40.4. The molecule has 0 spiro atoms. The molecule has 2 heteroatoms. The number of nitrogens with zero attached hydrogens (tertiary/aromatic N) is 1. The Balaban J connectivity index is 1.83. The molecule has 0 bridgehead atoms. The van der Waals surface area contributed by atoms with Crippen molar-refractivity contribution in [3.63, 3.8) is 0 Å². The summed E-state index contributed by atoms with van der Waals surface area (Å²) in [7, 11) is 0. The second kappa shape index (κ2) is 6.19. The maximum absolute atomic E-state index is 3.61. The van der Waals surface area contributed by atoms with Gasteiger partial charge < -0.3 is 5.32 Å². The highest BCUT2D eigenvalue weighted by Gasteiger charge is 2.32. The Kier molecular flexibility index (Phi) is 4.87. The fourth-order valence-corrected chi connectivity index (χ4v) is 3.78. The predicted octanol–water partition coefficient (Wildman–Crippen LogP) is 3.03. The van der Waals surface area contributed by atoms with E-state index in [1.54, 1.807) is 0 Å². The monoisotopic (exact) mass is 238 g/mol. The summed E-state index contributed by atoms with van der Waals surface area (Å²) in [6.07, 6.45) is 8.44. The molecule has 100 valence electrons. The van der Waals surface area contributed by atoms with Gasteiger partial charge in [0.15, 0.2) is 0 Å². The molecular formula is C15H30N2. The number of rotatable bonds is 3. The van der Waals surface area contributed by atoms with Crippen molar-refractivity contribution in [3.05, 3.63) is 0 Å². The van der Waals surface area contributed by atoms with Crippen molar-refractivity contribution in [2.45, 2.75) is 77.4 Å². The lowest BCUT2D eigenvalue weighted by atomic mass is 9.85. The quantitative estimate of drug-likeness (QED) is 0.813. The van der Waals surface area contributed by atoms with Crippen molar-refractivity contribution in [3.8, 4) is 0 Å². The largest absolute Gasteiger partial charge is 0.314 e. The number of likely N-dealkylation sites (tertiary alicyclic amines) is 1. The summed E-state index contributed by atoms with van der Waals surface area (Å²) in [5.41, 5.74) is 0. The molecule has 2 atom stereocenters. The van der Waals surface area contributed by atoms with Crippen LogP contribution in [0.4, 0.5) is 0 Å². The Labute approximate surface area is 107 Å². The van der Waals surface area contributed by atoms with E-state index < -0.39 is 0 Å². The second-order valence-electron chi connectivity index (χ2n) is 6.16. The van der Waals surface area contributed by atoms with Crippen LogP contribution in [0, 0.1) is 5.92 Å². The van der Waals surface area contributed by atoms with Gasteiger partial charge in [0.05, 0.1) is 0 Å². The molecule has 1 aliphatic carbocycles. The Bertz CT molecular complexity index is 221. The average molecular weight is 238 g/mol. The van der Waals surface area contributed by atoms with Crippen LogP contribution in [-0.2, 0) is 0 Å². The van der Waals surface area contributed by atoms with Crippen molar-refractivity contribution >= 4 is 0 Å². The topological polar surface area (TPSA) is 15.3 Å². The molecule has 2 unspecified atom stereocenters. The lowest BCUT2D eigenvalue weighted by Crippen LogP contribution is -2.50. The van der Waals surface area contributed by atoms with Gasteiger partial charge in [0, 0.05) is 18.1 Å². The van der Waals surface area contributed by atoms with Crippen LogP contribution in [0.25, 0.3) is 0 Å². The molecule has 1 saturated heterocycles. The summed E-state index contributed by atoms with van der Waals surface area (Å²) in [6, 6.07) is 2.49. The average Bonchev–Trinajstić information content (AvgIpc) is 2.34. The molecule has 0 aromatic heterocycles. The molecule has 2 nitrogen and oxygen atoms in total. The van der Waals surface area contributed by atoms with Crippen LogP contribution in [0.15, 0.2) is 0 Å². The molecule has 1 N–H and O–H groups in total. The van der Waals surface area contributed by atoms with Crippen molar-refractivity contribution in [1.29, 1.82) is 0 Å². The van der Waals surface area contributed by atoms with E-state index in [4.69, 9.17) is 0 Å². The second-order valence-corrected chi connectivity index (χ2v) is 6.16. The number of piperidine rings is 1. The first kappa shape index (κ1) is 13.4. The molecule has 1 saturated carbocycles. The molecule has 2 fully saturated rings. The van der Waals surface area contributed by atoms with Crippen molar-refractivity contribution in [1.82, 2.24) is 10.2 Å². The Morgan fingerprint density at radius 3 is 2.41 bits per heavy atom. The zero-order chi connectivity index (χ0) is 12.3. The summed E-state index contributed by atoms with van der Waals surface area (Å²) in [4.78, 5) is 2.82. The van der Waals surface area contributed by atoms with Crippen LogP contribution in [-0.4, -0.2) is 36.1 Å². The van der Waals surface area contributed by atoms with E-state index in [0.717, 1.165) is 30.6 Å². The van der Waals surface area contributed by atoms with Gasteiger partial charge in [-0.1, -0.05) is 13.8 Å². The standard InChI is InChI=1S/C15H30N2/c1-4-16-14-7-9-15(10-8-14)17-11-5-6-12(2)13(17)3/h12-16H,4-11H2,1-3H3. The summed E-state index contributed by atoms with van der Waals surface area (Å²) in [6.45, 7) is 9.58. The van der Waals surface area contributed by atoms with Crippen LogP contribution < -0.4 is 5.32 Å². The highest BCUT2D eigenvalue weighted by atomic mass is 15.2. The first-order valence-electron chi connectivity index (χ1n) is 7.71. The van der Waals surface area contributed by atoms with Crippen LogP contribution in [0.3, 0.4) is 0 Å². The summed E-state index contributed by atoms with van der Waals surface area (Å²) in [5.74, 6) is 0.898. The van der Waals surface area contributed by atoms with E-state index in [1.165, 1.54) is 45.1 Å². The van der Waals surface area contributed by atoms with Gasteiger partial charge in [-0.3, -0.25) is 4.90 Å². The fourth-order valence-electron chi connectivity index (χ4n) is 3.78. The zero-order valence-corrected chi connectivity index (χ0v) is 11.9. The summed E-state index contributed by atoms with van der Waals surface area (Å²) in [5, 5.41) is 3.61. The third-order valence-electron chi connectivity index (χ3n) is 5.08. The van der Waals surface area contributed by atoms with E-state index in [1.807, 2.05) is 0 Å². The lowest BCUT2D eigenvalue weighted by Gasteiger charge is -2.45. The molecule has 2 aliphatic rings.